The lowest BCUT2D eigenvalue weighted by Crippen LogP contribution is -2.37. The molecule has 0 bridgehead atoms. The van der Waals surface area contributed by atoms with Crippen LogP contribution in [0.1, 0.15) is 29.5 Å². The first-order valence-electron chi connectivity index (χ1n) is 7.45. The molecule has 0 saturated heterocycles. The van der Waals surface area contributed by atoms with Crippen LogP contribution in [0.2, 0.25) is 0 Å². The monoisotopic (exact) mass is 311 g/mol. The molecule has 0 spiro atoms. The van der Waals surface area contributed by atoms with Crippen molar-refractivity contribution in [3.05, 3.63) is 70.7 Å². The van der Waals surface area contributed by atoms with Gasteiger partial charge >= 0.3 is 0 Å². The maximum absolute atomic E-state index is 12.3. The molecule has 118 valence electrons. The molecule has 0 aliphatic rings. The number of aromatic nitrogens is 2. The Morgan fingerprint density at radius 1 is 1.35 bits per heavy atom. The Kier molecular flexibility index (Phi) is 4.23. The molecule has 0 aliphatic carbocycles. The van der Waals surface area contributed by atoms with Gasteiger partial charge in [-0.25, -0.2) is 4.98 Å². The van der Waals surface area contributed by atoms with Gasteiger partial charge < -0.3 is 9.73 Å². The van der Waals surface area contributed by atoms with Gasteiger partial charge in [0.05, 0.1) is 6.26 Å². The molecule has 1 amide bonds. The minimum absolute atomic E-state index is 0.0403. The normalized spacial score (nSPS) is 12.2. The second-order valence-corrected chi connectivity index (χ2v) is 5.40. The summed E-state index contributed by atoms with van der Waals surface area (Å²) in [7, 11) is 0. The number of nitrogens with one attached hydrogen (secondary N) is 1. The van der Waals surface area contributed by atoms with E-state index in [0.29, 0.717) is 5.65 Å². The number of hydrogen-bond donors (Lipinski definition) is 1. The molecule has 1 unspecified atom stereocenters. The fraction of sp³-hybridized carbons (Fsp3) is 0.235. The number of fused-ring (bicyclic) bond motifs is 1. The topological polar surface area (TPSA) is 76.6 Å². The third-order valence-corrected chi connectivity index (χ3v) is 3.64. The largest absolute Gasteiger partial charge is 0.469 e. The van der Waals surface area contributed by atoms with Gasteiger partial charge in [0.25, 0.3) is 11.5 Å². The fourth-order valence-electron chi connectivity index (χ4n) is 2.37. The number of nitrogens with zero attached hydrogens (tertiary/aromatic N) is 2. The quantitative estimate of drug-likeness (QED) is 0.782. The summed E-state index contributed by atoms with van der Waals surface area (Å²) in [4.78, 5) is 28.8. The average molecular weight is 311 g/mol. The van der Waals surface area contributed by atoms with E-state index in [2.05, 4.69) is 10.3 Å². The van der Waals surface area contributed by atoms with Gasteiger partial charge in [-0.1, -0.05) is 6.07 Å². The summed E-state index contributed by atoms with van der Waals surface area (Å²) in [6.45, 7) is 1.90. The van der Waals surface area contributed by atoms with Crippen LogP contribution in [0.5, 0.6) is 0 Å². The molecule has 1 N–H and O–H groups in total. The number of hydrogen-bond acceptors (Lipinski definition) is 4. The number of carbonyl (C=O) groups is 1. The van der Waals surface area contributed by atoms with Gasteiger partial charge in [-0.05, 0) is 37.6 Å². The lowest BCUT2D eigenvalue weighted by atomic mass is 10.1. The minimum Gasteiger partial charge on any atom is -0.469 e. The van der Waals surface area contributed by atoms with E-state index in [0.717, 1.165) is 18.6 Å². The van der Waals surface area contributed by atoms with Crippen LogP contribution in [0, 0.1) is 0 Å². The maximum atomic E-state index is 12.3. The fourth-order valence-corrected chi connectivity index (χ4v) is 2.37. The van der Waals surface area contributed by atoms with Crippen LogP contribution in [0.15, 0.2) is 58.2 Å². The van der Waals surface area contributed by atoms with Gasteiger partial charge in [0.1, 0.15) is 17.0 Å². The third-order valence-electron chi connectivity index (χ3n) is 3.64. The summed E-state index contributed by atoms with van der Waals surface area (Å²) in [6.07, 6.45) is 6.00. The molecule has 3 aromatic heterocycles. The highest BCUT2D eigenvalue weighted by molar-refractivity contribution is 5.93. The molecule has 3 rings (SSSR count). The van der Waals surface area contributed by atoms with Crippen molar-refractivity contribution in [1.29, 1.82) is 0 Å². The number of amides is 1. The highest BCUT2D eigenvalue weighted by Crippen LogP contribution is 2.06. The van der Waals surface area contributed by atoms with E-state index in [4.69, 9.17) is 4.42 Å². The zero-order valence-electron chi connectivity index (χ0n) is 12.7. The van der Waals surface area contributed by atoms with Gasteiger partial charge in [-0.2, -0.15) is 0 Å². The van der Waals surface area contributed by atoms with Crippen molar-refractivity contribution in [1.82, 2.24) is 14.7 Å². The van der Waals surface area contributed by atoms with Crippen LogP contribution in [0.25, 0.3) is 5.65 Å². The van der Waals surface area contributed by atoms with E-state index in [1.165, 1.54) is 10.6 Å². The van der Waals surface area contributed by atoms with Gasteiger partial charge in [0.2, 0.25) is 0 Å². The van der Waals surface area contributed by atoms with E-state index < -0.39 is 5.91 Å². The molecule has 0 fully saturated rings. The van der Waals surface area contributed by atoms with Gasteiger partial charge in [0, 0.05) is 24.9 Å². The molecular formula is C17H17N3O3. The van der Waals surface area contributed by atoms with Crippen molar-refractivity contribution in [2.24, 2.45) is 0 Å². The Labute approximate surface area is 132 Å². The van der Waals surface area contributed by atoms with Crippen LogP contribution in [0.3, 0.4) is 0 Å². The number of pyridine rings is 1. The van der Waals surface area contributed by atoms with Crippen molar-refractivity contribution in [2.45, 2.75) is 25.8 Å². The predicted molar refractivity (Wildman–Crippen MR) is 85.4 cm³/mol. The lowest BCUT2D eigenvalue weighted by Gasteiger charge is -2.13. The summed E-state index contributed by atoms with van der Waals surface area (Å²) in [5, 5.41) is 2.83. The zero-order valence-corrected chi connectivity index (χ0v) is 12.7. The first kappa shape index (κ1) is 15.0. The van der Waals surface area contributed by atoms with Crippen LogP contribution in [0.4, 0.5) is 0 Å². The average Bonchev–Trinajstić information content (AvgIpc) is 3.07. The van der Waals surface area contributed by atoms with Crippen LogP contribution >= 0.6 is 0 Å². The lowest BCUT2D eigenvalue weighted by molar-refractivity contribution is 0.0936. The second kappa shape index (κ2) is 6.48. The number of furan rings is 1. The molecule has 0 aliphatic heterocycles. The Morgan fingerprint density at radius 3 is 3.00 bits per heavy atom. The van der Waals surface area contributed by atoms with Gasteiger partial charge in [-0.3, -0.25) is 14.0 Å². The highest BCUT2D eigenvalue weighted by Gasteiger charge is 2.15. The van der Waals surface area contributed by atoms with E-state index in [1.807, 2.05) is 19.1 Å². The van der Waals surface area contributed by atoms with Crippen LogP contribution in [-0.2, 0) is 6.42 Å². The molecule has 0 aromatic carbocycles. The van der Waals surface area contributed by atoms with E-state index >= 15 is 0 Å². The number of rotatable bonds is 5. The Bertz CT molecular complexity index is 868. The van der Waals surface area contributed by atoms with E-state index in [1.54, 1.807) is 30.7 Å². The van der Waals surface area contributed by atoms with Crippen molar-refractivity contribution in [2.75, 3.05) is 0 Å². The molecule has 6 heteroatoms. The predicted octanol–water partition coefficient (Wildman–Crippen LogP) is 2.04. The zero-order chi connectivity index (χ0) is 16.2. The number of carbonyl (C=O) groups excluding carboxylic acids is 1. The molecule has 3 heterocycles. The molecule has 0 radical (unpaired) electrons. The number of aryl methyl sites for hydroxylation is 1. The third kappa shape index (κ3) is 3.31. The Hall–Kier alpha value is -2.89. The Balaban J connectivity index is 1.70. The standard InChI is InChI=1S/C17H17N3O3/c1-12(7-8-13-5-4-10-23-13)19-16(21)14-11-18-15-6-2-3-9-20(15)17(14)22/h2-6,9-12H,7-8H2,1H3,(H,19,21). The molecular weight excluding hydrogens is 294 g/mol. The minimum atomic E-state index is -0.410. The Morgan fingerprint density at radius 2 is 2.22 bits per heavy atom. The molecule has 23 heavy (non-hydrogen) atoms. The summed E-state index contributed by atoms with van der Waals surface area (Å²) in [5.74, 6) is 0.464. The van der Waals surface area contributed by atoms with E-state index in [-0.39, 0.29) is 17.2 Å². The SMILES string of the molecule is CC(CCc1ccco1)NC(=O)c1cnc2ccccn2c1=O. The molecule has 3 aromatic rings. The molecule has 1 atom stereocenters. The van der Waals surface area contributed by atoms with Gasteiger partial charge in [0.15, 0.2) is 0 Å². The van der Waals surface area contributed by atoms with Crippen LogP contribution < -0.4 is 10.9 Å². The summed E-state index contributed by atoms with van der Waals surface area (Å²) in [6, 6.07) is 8.88. The molecule has 6 nitrogen and oxygen atoms in total. The highest BCUT2D eigenvalue weighted by atomic mass is 16.3. The van der Waals surface area contributed by atoms with E-state index in [9.17, 15) is 9.59 Å². The first-order valence-corrected chi connectivity index (χ1v) is 7.45. The van der Waals surface area contributed by atoms with Crippen molar-refractivity contribution >= 4 is 11.6 Å². The summed E-state index contributed by atoms with van der Waals surface area (Å²) < 4.78 is 6.63. The summed E-state index contributed by atoms with van der Waals surface area (Å²) in [5.41, 5.74) is 0.185. The van der Waals surface area contributed by atoms with Crippen molar-refractivity contribution < 1.29 is 9.21 Å². The maximum Gasteiger partial charge on any atom is 0.270 e. The second-order valence-electron chi connectivity index (χ2n) is 5.40. The summed E-state index contributed by atoms with van der Waals surface area (Å²) >= 11 is 0. The van der Waals surface area contributed by atoms with Crippen molar-refractivity contribution in [3.63, 3.8) is 0 Å². The van der Waals surface area contributed by atoms with Crippen LogP contribution in [-0.4, -0.2) is 21.3 Å². The van der Waals surface area contributed by atoms with Gasteiger partial charge in [-0.15, -0.1) is 0 Å². The van der Waals surface area contributed by atoms with Crippen molar-refractivity contribution in [3.8, 4) is 0 Å². The first-order chi connectivity index (χ1) is 11.1. The smallest absolute Gasteiger partial charge is 0.270 e. The molecule has 0 saturated carbocycles.